The van der Waals surface area contributed by atoms with Crippen LogP contribution in [0.3, 0.4) is 0 Å². The SMILES string of the molecule is CC1CCN(S(=O)(=O)CCC2CCC2)C(CN)C1.Cl. The lowest BCUT2D eigenvalue weighted by molar-refractivity contribution is 0.210. The number of nitrogens with two attached hydrogens (primary N) is 1. The fourth-order valence-electron chi connectivity index (χ4n) is 3.02. The van der Waals surface area contributed by atoms with Crippen LogP contribution in [0.4, 0.5) is 0 Å². The second kappa shape index (κ2) is 7.25. The average Bonchev–Trinajstić information content (AvgIpc) is 2.26. The van der Waals surface area contributed by atoms with Gasteiger partial charge in [0, 0.05) is 19.1 Å². The van der Waals surface area contributed by atoms with E-state index in [1.54, 1.807) is 4.31 Å². The standard InChI is InChI=1S/C13H26N2O2S.ClH/c1-11-5-7-15(13(9-11)10-14)18(16,17)8-6-12-3-2-4-12;/h11-13H,2-10,14H2,1H3;1H. The summed E-state index contributed by atoms with van der Waals surface area (Å²) in [5.74, 6) is 1.57. The molecule has 0 aromatic carbocycles. The van der Waals surface area contributed by atoms with E-state index in [1.807, 2.05) is 0 Å². The second-order valence-corrected chi connectivity index (χ2v) is 8.07. The Bertz CT molecular complexity index is 371. The molecule has 1 saturated carbocycles. The Morgan fingerprint density at radius 3 is 2.47 bits per heavy atom. The van der Waals surface area contributed by atoms with Gasteiger partial charge >= 0.3 is 0 Å². The third kappa shape index (κ3) is 4.31. The molecule has 2 aliphatic rings. The van der Waals surface area contributed by atoms with Gasteiger partial charge in [-0.15, -0.1) is 12.4 Å². The molecule has 2 N–H and O–H groups in total. The van der Waals surface area contributed by atoms with Crippen molar-refractivity contribution >= 4 is 22.4 Å². The van der Waals surface area contributed by atoms with Crippen molar-refractivity contribution in [2.75, 3.05) is 18.8 Å². The Hall–Kier alpha value is 0.160. The van der Waals surface area contributed by atoms with E-state index in [0.717, 1.165) is 19.3 Å². The van der Waals surface area contributed by atoms with E-state index in [9.17, 15) is 8.42 Å². The molecule has 2 unspecified atom stereocenters. The molecule has 0 radical (unpaired) electrons. The van der Waals surface area contributed by atoms with Gasteiger partial charge < -0.3 is 5.73 Å². The van der Waals surface area contributed by atoms with E-state index in [-0.39, 0.29) is 18.4 Å². The van der Waals surface area contributed by atoms with Gasteiger partial charge in [-0.05, 0) is 31.1 Å². The third-order valence-corrected chi connectivity index (χ3v) is 6.51. The van der Waals surface area contributed by atoms with Gasteiger partial charge in [0.25, 0.3) is 0 Å². The fourth-order valence-corrected chi connectivity index (χ4v) is 4.90. The minimum absolute atomic E-state index is 0. The molecule has 1 heterocycles. The van der Waals surface area contributed by atoms with Crippen LogP contribution in [0.15, 0.2) is 0 Å². The van der Waals surface area contributed by atoms with Crippen LogP contribution in [0, 0.1) is 11.8 Å². The maximum Gasteiger partial charge on any atom is 0.214 e. The van der Waals surface area contributed by atoms with Gasteiger partial charge in [-0.1, -0.05) is 26.2 Å². The van der Waals surface area contributed by atoms with Crippen molar-refractivity contribution in [1.82, 2.24) is 4.31 Å². The van der Waals surface area contributed by atoms with E-state index in [2.05, 4.69) is 6.92 Å². The van der Waals surface area contributed by atoms with E-state index in [4.69, 9.17) is 5.73 Å². The number of rotatable bonds is 5. The highest BCUT2D eigenvalue weighted by Crippen LogP contribution is 2.31. The fraction of sp³-hybridized carbons (Fsp3) is 1.00. The summed E-state index contributed by atoms with van der Waals surface area (Å²) in [5, 5.41) is 0. The maximum absolute atomic E-state index is 12.4. The zero-order valence-corrected chi connectivity index (χ0v) is 13.4. The van der Waals surface area contributed by atoms with Crippen LogP contribution in [-0.4, -0.2) is 37.6 Å². The van der Waals surface area contributed by atoms with Crippen molar-refractivity contribution in [1.29, 1.82) is 0 Å². The summed E-state index contributed by atoms with van der Waals surface area (Å²) in [6, 6.07) is 0.0279. The molecule has 0 aromatic rings. The van der Waals surface area contributed by atoms with Gasteiger partial charge in [0.15, 0.2) is 0 Å². The lowest BCUT2D eigenvalue weighted by atomic mass is 9.84. The maximum atomic E-state index is 12.4. The number of halogens is 1. The largest absolute Gasteiger partial charge is 0.329 e. The van der Waals surface area contributed by atoms with Gasteiger partial charge in [0.1, 0.15) is 0 Å². The number of nitrogens with zero attached hydrogens (tertiary/aromatic N) is 1. The quantitative estimate of drug-likeness (QED) is 0.844. The Balaban J connectivity index is 0.00000180. The number of piperidine rings is 1. The lowest BCUT2D eigenvalue weighted by Crippen LogP contribution is -2.50. The molecule has 114 valence electrons. The van der Waals surface area contributed by atoms with Crippen molar-refractivity contribution in [3.8, 4) is 0 Å². The number of hydrogen-bond acceptors (Lipinski definition) is 3. The summed E-state index contributed by atoms with van der Waals surface area (Å²) in [6.07, 6.45) is 6.43. The first-order valence-electron chi connectivity index (χ1n) is 7.22. The van der Waals surface area contributed by atoms with E-state index in [0.29, 0.717) is 30.7 Å². The van der Waals surface area contributed by atoms with Gasteiger partial charge in [0.2, 0.25) is 10.0 Å². The first kappa shape index (κ1) is 17.2. The van der Waals surface area contributed by atoms with Crippen molar-refractivity contribution in [3.05, 3.63) is 0 Å². The molecule has 0 aromatic heterocycles. The predicted octanol–water partition coefficient (Wildman–Crippen LogP) is 1.99. The molecular formula is C13H27ClN2O2S. The number of hydrogen-bond donors (Lipinski definition) is 1. The molecule has 2 atom stereocenters. The Kier molecular flexibility index (Phi) is 6.57. The highest BCUT2D eigenvalue weighted by Gasteiger charge is 2.34. The molecule has 2 rings (SSSR count). The van der Waals surface area contributed by atoms with Crippen molar-refractivity contribution < 1.29 is 8.42 Å². The summed E-state index contributed by atoms with van der Waals surface area (Å²) >= 11 is 0. The first-order valence-corrected chi connectivity index (χ1v) is 8.83. The molecule has 0 bridgehead atoms. The van der Waals surface area contributed by atoms with Crippen LogP contribution in [0.25, 0.3) is 0 Å². The molecule has 0 amide bonds. The lowest BCUT2D eigenvalue weighted by Gasteiger charge is -2.37. The van der Waals surface area contributed by atoms with Crippen LogP contribution < -0.4 is 5.73 Å². The molecule has 2 fully saturated rings. The molecule has 19 heavy (non-hydrogen) atoms. The zero-order valence-electron chi connectivity index (χ0n) is 11.8. The molecule has 0 spiro atoms. The van der Waals surface area contributed by atoms with E-state index in [1.165, 1.54) is 19.3 Å². The molecule has 1 saturated heterocycles. The van der Waals surface area contributed by atoms with Crippen LogP contribution in [-0.2, 0) is 10.0 Å². The molecule has 6 heteroatoms. The zero-order chi connectivity index (χ0) is 13.2. The van der Waals surface area contributed by atoms with Crippen LogP contribution in [0.1, 0.15) is 45.4 Å². The molecule has 1 aliphatic heterocycles. The van der Waals surface area contributed by atoms with Gasteiger partial charge in [-0.3, -0.25) is 0 Å². The minimum Gasteiger partial charge on any atom is -0.329 e. The van der Waals surface area contributed by atoms with E-state index < -0.39 is 10.0 Å². The Morgan fingerprint density at radius 2 is 1.95 bits per heavy atom. The van der Waals surface area contributed by atoms with Gasteiger partial charge in [0.05, 0.1) is 5.75 Å². The minimum atomic E-state index is -3.09. The summed E-state index contributed by atoms with van der Waals surface area (Å²) in [7, 11) is -3.09. The summed E-state index contributed by atoms with van der Waals surface area (Å²) in [6.45, 7) is 3.30. The summed E-state index contributed by atoms with van der Waals surface area (Å²) < 4.78 is 26.4. The average molecular weight is 311 g/mol. The highest BCUT2D eigenvalue weighted by molar-refractivity contribution is 7.89. The van der Waals surface area contributed by atoms with Crippen LogP contribution >= 0.6 is 12.4 Å². The van der Waals surface area contributed by atoms with Crippen molar-refractivity contribution in [2.24, 2.45) is 17.6 Å². The molecular weight excluding hydrogens is 284 g/mol. The van der Waals surface area contributed by atoms with Crippen molar-refractivity contribution in [2.45, 2.75) is 51.5 Å². The first-order chi connectivity index (χ1) is 8.53. The number of sulfonamides is 1. The normalized spacial score (nSPS) is 29.6. The van der Waals surface area contributed by atoms with Crippen LogP contribution in [0.2, 0.25) is 0 Å². The molecule has 4 nitrogen and oxygen atoms in total. The third-order valence-electron chi connectivity index (χ3n) is 4.56. The Morgan fingerprint density at radius 1 is 1.26 bits per heavy atom. The highest BCUT2D eigenvalue weighted by atomic mass is 35.5. The van der Waals surface area contributed by atoms with Crippen LogP contribution in [0.5, 0.6) is 0 Å². The topological polar surface area (TPSA) is 63.4 Å². The summed E-state index contributed by atoms with van der Waals surface area (Å²) in [5.41, 5.74) is 5.74. The predicted molar refractivity (Wildman–Crippen MR) is 80.9 cm³/mol. The summed E-state index contributed by atoms with van der Waals surface area (Å²) in [4.78, 5) is 0. The second-order valence-electron chi connectivity index (χ2n) is 6.03. The van der Waals surface area contributed by atoms with Gasteiger partial charge in [-0.25, -0.2) is 8.42 Å². The van der Waals surface area contributed by atoms with Gasteiger partial charge in [-0.2, -0.15) is 4.31 Å². The van der Waals surface area contributed by atoms with Crippen molar-refractivity contribution in [3.63, 3.8) is 0 Å². The Labute approximate surface area is 123 Å². The monoisotopic (exact) mass is 310 g/mol. The smallest absolute Gasteiger partial charge is 0.214 e. The van der Waals surface area contributed by atoms with E-state index >= 15 is 0 Å². The molecule has 1 aliphatic carbocycles.